The molecule has 0 aliphatic heterocycles. The number of hydrogen-bond donors (Lipinski definition) is 0. The minimum absolute atomic E-state index is 0.541. The molecule has 4 aromatic rings. The standard InChI is InChI=1S/C22H22/c1-13(2)19-11-15-7-6-10-18-20(14(3)4)12-16-8-5-9-17(19)21(16)22(15)18/h5-14H,1-4H3. The molecule has 0 fully saturated rings. The lowest BCUT2D eigenvalue weighted by atomic mass is 9.84. The van der Waals surface area contributed by atoms with E-state index in [0.717, 1.165) is 0 Å². The molecule has 0 bridgehead atoms. The Morgan fingerprint density at radius 2 is 1.00 bits per heavy atom. The Bertz CT molecular complexity index is 892. The molecule has 0 heterocycles. The first-order valence-corrected chi connectivity index (χ1v) is 8.28. The Labute approximate surface area is 132 Å². The Kier molecular flexibility index (Phi) is 2.91. The van der Waals surface area contributed by atoms with Crippen LogP contribution in [-0.4, -0.2) is 0 Å². The first-order chi connectivity index (χ1) is 10.6. The third kappa shape index (κ3) is 1.76. The molecule has 4 rings (SSSR count). The van der Waals surface area contributed by atoms with Crippen LogP contribution < -0.4 is 0 Å². The van der Waals surface area contributed by atoms with Crippen LogP contribution in [-0.2, 0) is 0 Å². The van der Waals surface area contributed by atoms with E-state index in [0.29, 0.717) is 11.8 Å². The van der Waals surface area contributed by atoms with Crippen molar-refractivity contribution in [1.82, 2.24) is 0 Å². The summed E-state index contributed by atoms with van der Waals surface area (Å²) in [7, 11) is 0. The van der Waals surface area contributed by atoms with Crippen LogP contribution in [0.5, 0.6) is 0 Å². The summed E-state index contributed by atoms with van der Waals surface area (Å²) < 4.78 is 0. The van der Waals surface area contributed by atoms with Gasteiger partial charge in [0.15, 0.2) is 0 Å². The summed E-state index contributed by atoms with van der Waals surface area (Å²) in [5, 5.41) is 8.50. The summed E-state index contributed by atoms with van der Waals surface area (Å²) in [6.45, 7) is 9.16. The Balaban J connectivity index is 2.33. The summed E-state index contributed by atoms with van der Waals surface area (Å²) in [6.07, 6.45) is 0. The van der Waals surface area contributed by atoms with Gasteiger partial charge >= 0.3 is 0 Å². The van der Waals surface area contributed by atoms with Crippen LogP contribution in [0.15, 0.2) is 48.5 Å². The van der Waals surface area contributed by atoms with Crippen molar-refractivity contribution in [2.45, 2.75) is 39.5 Å². The number of hydrogen-bond acceptors (Lipinski definition) is 0. The van der Waals surface area contributed by atoms with E-state index in [4.69, 9.17) is 0 Å². The molecular weight excluding hydrogens is 264 g/mol. The van der Waals surface area contributed by atoms with E-state index in [2.05, 4.69) is 76.2 Å². The van der Waals surface area contributed by atoms with E-state index in [1.165, 1.54) is 43.4 Å². The zero-order chi connectivity index (χ0) is 15.4. The van der Waals surface area contributed by atoms with Gasteiger partial charge in [-0.25, -0.2) is 0 Å². The largest absolute Gasteiger partial charge is 0.0610 e. The summed E-state index contributed by atoms with van der Waals surface area (Å²) >= 11 is 0. The maximum atomic E-state index is 2.40. The highest BCUT2D eigenvalue weighted by molar-refractivity contribution is 6.24. The lowest BCUT2D eigenvalue weighted by molar-refractivity contribution is 0.876. The molecule has 0 spiro atoms. The number of benzene rings is 4. The van der Waals surface area contributed by atoms with Gasteiger partial charge in [0.25, 0.3) is 0 Å². The average molecular weight is 286 g/mol. The van der Waals surface area contributed by atoms with Crippen LogP contribution in [0.25, 0.3) is 32.3 Å². The van der Waals surface area contributed by atoms with Crippen LogP contribution in [0.4, 0.5) is 0 Å². The molecule has 0 saturated carbocycles. The molecule has 0 saturated heterocycles. The summed E-state index contributed by atoms with van der Waals surface area (Å²) in [6, 6.07) is 18.3. The van der Waals surface area contributed by atoms with Gasteiger partial charge < -0.3 is 0 Å². The van der Waals surface area contributed by atoms with Crippen LogP contribution in [0.2, 0.25) is 0 Å². The molecule has 110 valence electrons. The van der Waals surface area contributed by atoms with E-state index >= 15 is 0 Å². The maximum Gasteiger partial charge on any atom is -0.00237 e. The fourth-order valence-corrected chi connectivity index (χ4v) is 3.87. The van der Waals surface area contributed by atoms with Gasteiger partial charge in [0, 0.05) is 0 Å². The maximum absolute atomic E-state index is 2.40. The summed E-state index contributed by atoms with van der Waals surface area (Å²) in [4.78, 5) is 0. The molecule has 0 aliphatic carbocycles. The third-order valence-electron chi connectivity index (χ3n) is 4.93. The second kappa shape index (κ2) is 4.71. The molecule has 0 aromatic heterocycles. The van der Waals surface area contributed by atoms with Crippen molar-refractivity contribution in [2.24, 2.45) is 0 Å². The first kappa shape index (κ1) is 13.6. The first-order valence-electron chi connectivity index (χ1n) is 8.28. The summed E-state index contributed by atoms with van der Waals surface area (Å²) in [5.74, 6) is 1.08. The van der Waals surface area contributed by atoms with Gasteiger partial charge in [0.1, 0.15) is 0 Å². The average Bonchev–Trinajstić information content (AvgIpc) is 2.51. The predicted octanol–water partition coefficient (Wildman–Crippen LogP) is 6.83. The topological polar surface area (TPSA) is 0 Å². The third-order valence-corrected chi connectivity index (χ3v) is 4.93. The van der Waals surface area contributed by atoms with Crippen molar-refractivity contribution in [3.63, 3.8) is 0 Å². The molecule has 0 heteroatoms. The molecule has 22 heavy (non-hydrogen) atoms. The quantitative estimate of drug-likeness (QED) is 0.354. The van der Waals surface area contributed by atoms with E-state index in [-0.39, 0.29) is 0 Å². The van der Waals surface area contributed by atoms with E-state index < -0.39 is 0 Å². The van der Waals surface area contributed by atoms with Gasteiger partial charge in [0.2, 0.25) is 0 Å². The minimum atomic E-state index is 0.541. The van der Waals surface area contributed by atoms with Gasteiger partial charge in [-0.2, -0.15) is 0 Å². The van der Waals surface area contributed by atoms with E-state index in [1.807, 2.05) is 0 Å². The minimum Gasteiger partial charge on any atom is -0.0610 e. The van der Waals surface area contributed by atoms with Crippen LogP contribution in [0.1, 0.15) is 50.7 Å². The molecule has 0 nitrogen and oxygen atoms in total. The van der Waals surface area contributed by atoms with Crippen LogP contribution in [0, 0.1) is 0 Å². The van der Waals surface area contributed by atoms with Gasteiger partial charge in [-0.05, 0) is 55.3 Å². The molecule has 0 amide bonds. The lowest BCUT2D eigenvalue weighted by Crippen LogP contribution is -1.96. The second-order valence-electron chi connectivity index (χ2n) is 7.05. The molecular formula is C22H22. The number of rotatable bonds is 2. The van der Waals surface area contributed by atoms with Crippen molar-refractivity contribution < 1.29 is 0 Å². The van der Waals surface area contributed by atoms with Crippen molar-refractivity contribution >= 4 is 32.3 Å². The fourth-order valence-electron chi connectivity index (χ4n) is 3.87. The van der Waals surface area contributed by atoms with E-state index in [1.54, 1.807) is 0 Å². The normalized spacial score (nSPS) is 12.5. The van der Waals surface area contributed by atoms with Gasteiger partial charge in [0.05, 0.1) is 0 Å². The highest BCUT2D eigenvalue weighted by Crippen LogP contribution is 2.41. The highest BCUT2D eigenvalue weighted by Gasteiger charge is 2.16. The lowest BCUT2D eigenvalue weighted by Gasteiger charge is -2.19. The van der Waals surface area contributed by atoms with E-state index in [9.17, 15) is 0 Å². The molecule has 0 atom stereocenters. The Morgan fingerprint density at radius 3 is 1.36 bits per heavy atom. The van der Waals surface area contributed by atoms with Crippen molar-refractivity contribution in [3.05, 3.63) is 59.7 Å². The SMILES string of the molecule is CC(C)c1cc2cccc3c(C(C)C)cc4cccc1c4c23. The van der Waals surface area contributed by atoms with Crippen molar-refractivity contribution in [1.29, 1.82) is 0 Å². The van der Waals surface area contributed by atoms with Crippen LogP contribution in [0.3, 0.4) is 0 Å². The molecule has 4 aromatic carbocycles. The monoisotopic (exact) mass is 286 g/mol. The molecule has 0 radical (unpaired) electrons. The zero-order valence-electron chi connectivity index (χ0n) is 13.8. The predicted molar refractivity (Wildman–Crippen MR) is 98.3 cm³/mol. The molecule has 0 unspecified atom stereocenters. The highest BCUT2D eigenvalue weighted by atomic mass is 14.2. The molecule has 0 aliphatic rings. The van der Waals surface area contributed by atoms with Crippen molar-refractivity contribution in [2.75, 3.05) is 0 Å². The van der Waals surface area contributed by atoms with Crippen molar-refractivity contribution in [3.8, 4) is 0 Å². The van der Waals surface area contributed by atoms with Crippen LogP contribution >= 0.6 is 0 Å². The van der Waals surface area contributed by atoms with Gasteiger partial charge in [-0.15, -0.1) is 0 Å². The van der Waals surface area contributed by atoms with Gasteiger partial charge in [-0.1, -0.05) is 76.2 Å². The smallest absolute Gasteiger partial charge is 0.00237 e. The second-order valence-corrected chi connectivity index (χ2v) is 7.05. The summed E-state index contributed by atoms with van der Waals surface area (Å²) in [5.41, 5.74) is 2.92. The Hall–Kier alpha value is -2.08. The van der Waals surface area contributed by atoms with Gasteiger partial charge in [-0.3, -0.25) is 0 Å². The molecule has 0 N–H and O–H groups in total. The Morgan fingerprint density at radius 1 is 0.591 bits per heavy atom. The fraction of sp³-hybridized carbons (Fsp3) is 0.273. The zero-order valence-corrected chi connectivity index (χ0v) is 13.8.